The van der Waals surface area contributed by atoms with Crippen LogP contribution in [-0.4, -0.2) is 26.3 Å². The molecule has 45 heavy (non-hydrogen) atoms. The van der Waals surface area contributed by atoms with Crippen molar-refractivity contribution in [1.82, 2.24) is 19.6 Å². The van der Waals surface area contributed by atoms with Crippen molar-refractivity contribution in [2.24, 2.45) is 0 Å². The highest BCUT2D eigenvalue weighted by molar-refractivity contribution is 7.02. The van der Waals surface area contributed by atoms with E-state index in [0.717, 1.165) is 33.9 Å². The van der Waals surface area contributed by atoms with E-state index in [0.29, 0.717) is 0 Å². The Morgan fingerprint density at radius 2 is 0.844 bits per heavy atom. The third-order valence-electron chi connectivity index (χ3n) is 9.93. The lowest BCUT2D eigenvalue weighted by atomic mass is 9.33. The monoisotopic (exact) mass is 570 g/mol. The van der Waals surface area contributed by atoms with Gasteiger partial charge >= 0.3 is 0 Å². The first-order valence-corrected chi connectivity index (χ1v) is 15.5. The second-order valence-electron chi connectivity index (χ2n) is 12.2. The second kappa shape index (κ2) is 8.37. The Balaban J connectivity index is 1.38. The lowest BCUT2D eigenvalue weighted by Gasteiger charge is -2.33. The first-order valence-electron chi connectivity index (χ1n) is 15.5. The predicted octanol–water partition coefficient (Wildman–Crippen LogP) is 7.15. The van der Waals surface area contributed by atoms with Crippen LogP contribution >= 0.6 is 0 Å². The van der Waals surface area contributed by atoms with Crippen LogP contribution in [0.15, 0.2) is 140 Å². The molecule has 0 bridgehead atoms. The zero-order valence-corrected chi connectivity index (χ0v) is 24.1. The van der Waals surface area contributed by atoms with Gasteiger partial charge in [-0.2, -0.15) is 10.2 Å². The molecule has 2 aromatic heterocycles. The van der Waals surface area contributed by atoms with Crippen LogP contribution in [0.25, 0.3) is 77.2 Å². The van der Waals surface area contributed by atoms with Crippen molar-refractivity contribution in [2.75, 3.05) is 0 Å². The zero-order chi connectivity index (χ0) is 29.2. The van der Waals surface area contributed by atoms with Gasteiger partial charge in [-0.3, -0.25) is 0 Å². The Labute approximate surface area is 258 Å². The van der Waals surface area contributed by atoms with Gasteiger partial charge in [-0.1, -0.05) is 115 Å². The number of nitrogens with zero attached hydrogens (tertiary/aromatic N) is 4. The highest BCUT2D eigenvalue weighted by atomic mass is 15.3. The van der Waals surface area contributed by atoms with Crippen LogP contribution in [0.2, 0.25) is 0 Å². The molecule has 0 N–H and O–H groups in total. The molecule has 0 fully saturated rings. The second-order valence-corrected chi connectivity index (χ2v) is 12.2. The van der Waals surface area contributed by atoms with Crippen molar-refractivity contribution in [3.05, 3.63) is 140 Å². The van der Waals surface area contributed by atoms with Crippen molar-refractivity contribution in [3.63, 3.8) is 0 Å². The van der Waals surface area contributed by atoms with Crippen LogP contribution in [0.3, 0.4) is 0 Å². The maximum Gasteiger partial charge on any atom is 0.254 e. The maximum atomic E-state index is 5.40. The smallest absolute Gasteiger partial charge is 0.233 e. The highest BCUT2D eigenvalue weighted by Gasteiger charge is 2.43. The van der Waals surface area contributed by atoms with Gasteiger partial charge in [0.2, 0.25) is 0 Å². The summed E-state index contributed by atoms with van der Waals surface area (Å²) >= 11 is 0. The summed E-state index contributed by atoms with van der Waals surface area (Å²) in [5.74, 6) is 0. The normalized spacial score (nSPS) is 12.8. The third kappa shape index (κ3) is 2.93. The SMILES string of the molecule is c1ccc(-c2nn3c4c(c5ccccc5cc24)B2c4c-3cccc4-n3nc(-c4ccccc4)c4cc5ccccc5c2c43)cc1. The summed E-state index contributed by atoms with van der Waals surface area (Å²) < 4.78 is 4.42. The lowest BCUT2D eigenvalue weighted by Crippen LogP contribution is -2.60. The maximum absolute atomic E-state index is 5.40. The van der Waals surface area contributed by atoms with Crippen molar-refractivity contribution in [3.8, 4) is 33.9 Å². The molecule has 4 nitrogen and oxygen atoms in total. The standard InChI is InChI=1S/C40H23BN4/c1-3-12-24(13-4-1)37-30-22-26-16-7-9-18-28(26)34-39(30)44(42-37)32-20-11-21-33-36(32)41(34)35-29-19-10-8-17-27(29)23-31-38(43-45(33)40(31)35)25-14-5-2-6-15-25/h1-23H. The van der Waals surface area contributed by atoms with Gasteiger partial charge in [0.15, 0.2) is 0 Å². The molecule has 206 valence electrons. The van der Waals surface area contributed by atoms with E-state index < -0.39 is 0 Å². The number of hydrogen-bond donors (Lipinski definition) is 0. The molecule has 0 atom stereocenters. The predicted molar refractivity (Wildman–Crippen MR) is 186 cm³/mol. The first-order chi connectivity index (χ1) is 22.3. The minimum absolute atomic E-state index is 0.0130. The van der Waals surface area contributed by atoms with E-state index >= 15 is 0 Å². The minimum Gasteiger partial charge on any atom is -0.233 e. The van der Waals surface area contributed by atoms with Gasteiger partial charge in [-0.05, 0) is 62.2 Å². The van der Waals surface area contributed by atoms with Gasteiger partial charge in [-0.15, -0.1) is 0 Å². The van der Waals surface area contributed by atoms with Gasteiger partial charge in [0.1, 0.15) is 11.4 Å². The Hall–Kier alpha value is -5.94. The van der Waals surface area contributed by atoms with Crippen molar-refractivity contribution < 1.29 is 0 Å². The zero-order valence-electron chi connectivity index (χ0n) is 24.1. The van der Waals surface area contributed by atoms with E-state index in [1.165, 1.54) is 59.7 Å². The molecule has 4 heterocycles. The van der Waals surface area contributed by atoms with E-state index in [4.69, 9.17) is 10.2 Å². The molecular formula is C40H23BN4. The van der Waals surface area contributed by atoms with E-state index in [1.54, 1.807) is 0 Å². The van der Waals surface area contributed by atoms with Crippen LogP contribution in [0.4, 0.5) is 0 Å². The molecule has 9 aromatic rings. The molecule has 11 rings (SSSR count). The Morgan fingerprint density at radius 3 is 1.33 bits per heavy atom. The van der Waals surface area contributed by atoms with Crippen molar-refractivity contribution in [2.45, 2.75) is 0 Å². The van der Waals surface area contributed by atoms with Gasteiger partial charge in [0.25, 0.3) is 6.71 Å². The quantitative estimate of drug-likeness (QED) is 0.207. The molecule has 2 aliphatic rings. The fraction of sp³-hybridized carbons (Fsp3) is 0. The molecule has 0 spiro atoms. The summed E-state index contributed by atoms with van der Waals surface area (Å²) in [5.41, 5.74) is 12.8. The van der Waals surface area contributed by atoms with Gasteiger partial charge in [0, 0.05) is 21.9 Å². The number of rotatable bonds is 2. The van der Waals surface area contributed by atoms with Crippen LogP contribution in [0, 0.1) is 0 Å². The average Bonchev–Trinajstić information content (AvgIpc) is 3.68. The number of benzene rings is 7. The summed E-state index contributed by atoms with van der Waals surface area (Å²) in [6, 6.07) is 50.2. The minimum atomic E-state index is 0.0130. The summed E-state index contributed by atoms with van der Waals surface area (Å²) in [6.07, 6.45) is 0. The molecule has 0 amide bonds. The molecule has 0 unspecified atom stereocenters. The highest BCUT2D eigenvalue weighted by Crippen LogP contribution is 2.39. The fourth-order valence-electron chi connectivity index (χ4n) is 8.15. The molecule has 0 aliphatic carbocycles. The molecule has 0 radical (unpaired) electrons. The van der Waals surface area contributed by atoms with Crippen LogP contribution in [0.5, 0.6) is 0 Å². The van der Waals surface area contributed by atoms with E-state index in [9.17, 15) is 0 Å². The molecular weight excluding hydrogens is 547 g/mol. The molecule has 2 aliphatic heterocycles. The Bertz CT molecular complexity index is 2520. The molecule has 0 saturated carbocycles. The first kappa shape index (κ1) is 23.5. The lowest BCUT2D eigenvalue weighted by molar-refractivity contribution is 0.895. The van der Waals surface area contributed by atoms with Crippen LogP contribution < -0.4 is 16.4 Å². The molecule has 5 heteroatoms. The Kier molecular flexibility index (Phi) is 4.37. The Morgan fingerprint density at radius 1 is 0.400 bits per heavy atom. The fourth-order valence-corrected chi connectivity index (χ4v) is 8.15. The summed E-state index contributed by atoms with van der Waals surface area (Å²) in [7, 11) is 0. The van der Waals surface area contributed by atoms with E-state index in [-0.39, 0.29) is 6.71 Å². The summed E-state index contributed by atoms with van der Waals surface area (Å²) in [5, 5.41) is 18.2. The van der Waals surface area contributed by atoms with Gasteiger partial charge in [0.05, 0.1) is 22.4 Å². The number of hydrogen-bond acceptors (Lipinski definition) is 2. The summed E-state index contributed by atoms with van der Waals surface area (Å²) in [6.45, 7) is 0.0130. The van der Waals surface area contributed by atoms with Crippen LogP contribution in [0.1, 0.15) is 0 Å². The van der Waals surface area contributed by atoms with Gasteiger partial charge in [-0.25, -0.2) is 9.36 Å². The van der Waals surface area contributed by atoms with Crippen molar-refractivity contribution in [1.29, 1.82) is 0 Å². The van der Waals surface area contributed by atoms with E-state index in [1.807, 2.05) is 0 Å². The molecule has 0 saturated heterocycles. The number of aromatic nitrogens is 4. The van der Waals surface area contributed by atoms with E-state index in [2.05, 4.69) is 149 Å². The summed E-state index contributed by atoms with van der Waals surface area (Å²) in [4.78, 5) is 0. The van der Waals surface area contributed by atoms with Crippen molar-refractivity contribution >= 4 is 66.5 Å². The largest absolute Gasteiger partial charge is 0.254 e. The van der Waals surface area contributed by atoms with Crippen LogP contribution in [-0.2, 0) is 0 Å². The van der Waals surface area contributed by atoms with Gasteiger partial charge < -0.3 is 0 Å². The average molecular weight is 570 g/mol. The number of fused-ring (bicyclic) bond motifs is 8. The topological polar surface area (TPSA) is 35.6 Å². The third-order valence-corrected chi connectivity index (χ3v) is 9.93. The molecule has 7 aromatic carbocycles.